The largest absolute Gasteiger partial charge is 0.490 e. The van der Waals surface area contributed by atoms with Gasteiger partial charge in [-0.15, -0.1) is 11.6 Å². The molecule has 0 radical (unpaired) electrons. The molecule has 0 aromatic rings. The van der Waals surface area contributed by atoms with Crippen LogP contribution < -0.4 is 0 Å². The molecule has 0 aromatic carbocycles. The molecular formula is C6H10ClF3O2. The van der Waals surface area contributed by atoms with Gasteiger partial charge in [0.15, 0.2) is 0 Å². The zero-order chi connectivity index (χ0) is 10.2. The topological polar surface area (TPSA) is 37.3 Å². The summed E-state index contributed by atoms with van der Waals surface area (Å²) in [6, 6.07) is 0. The summed E-state index contributed by atoms with van der Waals surface area (Å²) in [4.78, 5) is 8.90. The molecule has 0 rings (SSSR count). The van der Waals surface area contributed by atoms with Gasteiger partial charge in [-0.05, 0) is 6.42 Å². The van der Waals surface area contributed by atoms with E-state index in [2.05, 4.69) is 6.92 Å². The Hall–Kier alpha value is -0.450. The summed E-state index contributed by atoms with van der Waals surface area (Å²) in [6.45, 7) is 2.13. The van der Waals surface area contributed by atoms with Crippen molar-refractivity contribution in [3.8, 4) is 0 Å². The molecule has 0 unspecified atom stereocenters. The van der Waals surface area contributed by atoms with E-state index in [-0.39, 0.29) is 0 Å². The maximum atomic E-state index is 10.6. The van der Waals surface area contributed by atoms with E-state index in [9.17, 15) is 13.2 Å². The molecule has 0 amide bonds. The van der Waals surface area contributed by atoms with E-state index < -0.39 is 12.1 Å². The number of unbranched alkanes of at least 4 members (excludes halogenated alkanes) is 1. The first-order chi connectivity index (χ1) is 5.36. The number of alkyl halides is 4. The van der Waals surface area contributed by atoms with E-state index in [0.717, 1.165) is 12.3 Å². The number of hydrogen-bond acceptors (Lipinski definition) is 1. The predicted octanol–water partition coefficient (Wildman–Crippen LogP) is 2.66. The van der Waals surface area contributed by atoms with E-state index in [4.69, 9.17) is 21.5 Å². The molecule has 1 N–H and O–H groups in total. The lowest BCUT2D eigenvalue weighted by Gasteiger charge is -1.93. The van der Waals surface area contributed by atoms with Crippen molar-refractivity contribution in [1.29, 1.82) is 0 Å². The van der Waals surface area contributed by atoms with Crippen LogP contribution in [0.5, 0.6) is 0 Å². The highest BCUT2D eigenvalue weighted by Crippen LogP contribution is 2.13. The third-order valence-electron chi connectivity index (χ3n) is 0.730. The van der Waals surface area contributed by atoms with Crippen molar-refractivity contribution >= 4 is 17.6 Å². The highest BCUT2D eigenvalue weighted by atomic mass is 35.5. The first-order valence-electron chi connectivity index (χ1n) is 3.22. The summed E-state index contributed by atoms with van der Waals surface area (Å²) in [5.41, 5.74) is 0. The van der Waals surface area contributed by atoms with Gasteiger partial charge in [-0.3, -0.25) is 0 Å². The predicted molar refractivity (Wildman–Crippen MR) is 39.3 cm³/mol. The van der Waals surface area contributed by atoms with Gasteiger partial charge < -0.3 is 5.11 Å². The summed E-state index contributed by atoms with van der Waals surface area (Å²) >= 11 is 5.30. The molecule has 74 valence electrons. The quantitative estimate of drug-likeness (QED) is 0.706. The zero-order valence-electron chi connectivity index (χ0n) is 6.49. The smallest absolute Gasteiger partial charge is 0.475 e. The first-order valence-corrected chi connectivity index (χ1v) is 3.75. The van der Waals surface area contributed by atoms with Gasteiger partial charge in [0.05, 0.1) is 0 Å². The fourth-order valence-electron chi connectivity index (χ4n) is 0.134. The molecule has 0 aliphatic rings. The third kappa shape index (κ3) is 12.2. The molecule has 0 bridgehead atoms. The lowest BCUT2D eigenvalue weighted by Crippen LogP contribution is -2.21. The number of carboxylic acid groups (broad SMARTS) is 1. The number of halogens is 4. The normalized spacial score (nSPS) is 10.1. The summed E-state index contributed by atoms with van der Waals surface area (Å²) in [5.74, 6) is -1.94. The zero-order valence-corrected chi connectivity index (χ0v) is 7.24. The maximum absolute atomic E-state index is 10.6. The number of carboxylic acids is 1. The standard InChI is InChI=1S/C4H9Cl.C2HF3O2/c1-2-3-4-5;3-2(4,5)1(6)7/h2-4H2,1H3;(H,6,7). The second kappa shape index (κ2) is 7.21. The van der Waals surface area contributed by atoms with Gasteiger partial charge in [-0.1, -0.05) is 13.3 Å². The van der Waals surface area contributed by atoms with E-state index in [1.807, 2.05) is 0 Å². The molecule has 0 aliphatic heterocycles. The molecule has 12 heavy (non-hydrogen) atoms. The monoisotopic (exact) mass is 206 g/mol. The molecule has 0 heterocycles. The molecule has 0 saturated heterocycles. The van der Waals surface area contributed by atoms with E-state index in [1.54, 1.807) is 0 Å². The van der Waals surface area contributed by atoms with Crippen LogP contribution in [0.2, 0.25) is 0 Å². The average Bonchev–Trinajstić information content (AvgIpc) is 1.88. The Balaban J connectivity index is 0. The first kappa shape index (κ1) is 14.1. The Labute approximate surface area is 73.3 Å². The second-order valence-corrected chi connectivity index (χ2v) is 2.22. The molecule has 0 aromatic heterocycles. The molecule has 0 atom stereocenters. The van der Waals surface area contributed by atoms with Crippen LogP contribution in [0.1, 0.15) is 19.8 Å². The molecule has 0 aliphatic carbocycles. The molecule has 2 nitrogen and oxygen atoms in total. The van der Waals surface area contributed by atoms with Gasteiger partial charge in [0, 0.05) is 5.88 Å². The lowest BCUT2D eigenvalue weighted by molar-refractivity contribution is -0.192. The van der Waals surface area contributed by atoms with Crippen LogP contribution in [0.15, 0.2) is 0 Å². The summed E-state index contributed by atoms with van der Waals surface area (Å²) in [7, 11) is 0. The molecular weight excluding hydrogens is 197 g/mol. The van der Waals surface area contributed by atoms with E-state index in [0.29, 0.717) is 0 Å². The van der Waals surface area contributed by atoms with Crippen molar-refractivity contribution < 1.29 is 23.1 Å². The SMILES string of the molecule is CCCCCl.O=C(O)C(F)(F)F. The van der Waals surface area contributed by atoms with Crippen LogP contribution in [0.25, 0.3) is 0 Å². The van der Waals surface area contributed by atoms with Crippen LogP contribution in [-0.4, -0.2) is 23.1 Å². The molecule has 0 spiro atoms. The van der Waals surface area contributed by atoms with Crippen molar-refractivity contribution in [1.82, 2.24) is 0 Å². The average molecular weight is 207 g/mol. The van der Waals surface area contributed by atoms with E-state index >= 15 is 0 Å². The Kier molecular flexibility index (Phi) is 8.47. The minimum atomic E-state index is -5.08. The second-order valence-electron chi connectivity index (χ2n) is 1.85. The Morgan fingerprint density at radius 2 is 1.83 bits per heavy atom. The van der Waals surface area contributed by atoms with Crippen LogP contribution in [0, 0.1) is 0 Å². The van der Waals surface area contributed by atoms with Gasteiger partial charge in [0.1, 0.15) is 0 Å². The minimum absolute atomic E-state index is 0.816. The van der Waals surface area contributed by atoms with Crippen LogP contribution in [0.3, 0.4) is 0 Å². The van der Waals surface area contributed by atoms with E-state index in [1.165, 1.54) is 6.42 Å². The molecule has 6 heteroatoms. The Bertz CT molecular complexity index is 122. The summed E-state index contributed by atoms with van der Waals surface area (Å²) in [5, 5.41) is 7.12. The number of rotatable bonds is 2. The summed E-state index contributed by atoms with van der Waals surface area (Å²) in [6.07, 6.45) is -2.72. The van der Waals surface area contributed by atoms with Crippen LogP contribution in [-0.2, 0) is 4.79 Å². The maximum Gasteiger partial charge on any atom is 0.490 e. The van der Waals surface area contributed by atoms with Crippen molar-refractivity contribution in [2.75, 3.05) is 5.88 Å². The fraction of sp³-hybridized carbons (Fsp3) is 0.833. The van der Waals surface area contributed by atoms with Gasteiger partial charge in [0.2, 0.25) is 0 Å². The van der Waals surface area contributed by atoms with Crippen molar-refractivity contribution in [2.45, 2.75) is 25.9 Å². The number of aliphatic carboxylic acids is 1. The number of carbonyl (C=O) groups is 1. The van der Waals surface area contributed by atoms with Gasteiger partial charge >= 0.3 is 12.1 Å². The Morgan fingerprint density at radius 1 is 1.50 bits per heavy atom. The van der Waals surface area contributed by atoms with Gasteiger partial charge in [0.25, 0.3) is 0 Å². The van der Waals surface area contributed by atoms with Crippen molar-refractivity contribution in [2.24, 2.45) is 0 Å². The molecule has 0 saturated carbocycles. The molecule has 0 fully saturated rings. The van der Waals surface area contributed by atoms with Gasteiger partial charge in [-0.2, -0.15) is 13.2 Å². The summed E-state index contributed by atoms with van der Waals surface area (Å²) < 4.78 is 31.7. The lowest BCUT2D eigenvalue weighted by atomic mass is 10.4. The van der Waals surface area contributed by atoms with Crippen LogP contribution in [0.4, 0.5) is 13.2 Å². The van der Waals surface area contributed by atoms with Crippen LogP contribution >= 0.6 is 11.6 Å². The number of hydrogen-bond donors (Lipinski definition) is 1. The Morgan fingerprint density at radius 3 is 1.83 bits per heavy atom. The van der Waals surface area contributed by atoms with Crippen molar-refractivity contribution in [3.63, 3.8) is 0 Å². The highest BCUT2D eigenvalue weighted by molar-refractivity contribution is 6.17. The van der Waals surface area contributed by atoms with Gasteiger partial charge in [-0.25, -0.2) is 4.79 Å². The van der Waals surface area contributed by atoms with Crippen molar-refractivity contribution in [3.05, 3.63) is 0 Å². The fourth-order valence-corrected chi connectivity index (χ4v) is 0.401. The minimum Gasteiger partial charge on any atom is -0.475 e. The third-order valence-corrected chi connectivity index (χ3v) is 0.997. The highest BCUT2D eigenvalue weighted by Gasteiger charge is 2.38.